The van der Waals surface area contributed by atoms with Crippen molar-refractivity contribution in [2.24, 2.45) is 5.92 Å². The molecule has 1 aliphatic rings. The number of hydrogen-bond donors (Lipinski definition) is 0. The molecule has 0 aliphatic carbocycles. The molecule has 0 bridgehead atoms. The summed E-state index contributed by atoms with van der Waals surface area (Å²) >= 11 is 1.69. The fraction of sp³-hybridized carbons (Fsp3) is 0.400. The van der Waals surface area contributed by atoms with Gasteiger partial charge in [-0.25, -0.2) is 0 Å². The SMILES string of the molecule is Cc1ccc(C(=O)C2CCCN(C(=O)CCc3cccs3)C2)cc1. The lowest BCUT2D eigenvalue weighted by molar-refractivity contribution is -0.132. The highest BCUT2D eigenvalue weighted by Gasteiger charge is 2.28. The van der Waals surface area contributed by atoms with Crippen molar-refractivity contribution in [1.82, 2.24) is 4.90 Å². The Hall–Kier alpha value is -1.94. The number of thiophene rings is 1. The van der Waals surface area contributed by atoms with Crippen LogP contribution in [0.1, 0.15) is 40.1 Å². The third-order valence-electron chi connectivity index (χ3n) is 4.65. The predicted octanol–water partition coefficient (Wildman–Crippen LogP) is 4.11. The van der Waals surface area contributed by atoms with Crippen LogP contribution in [0.15, 0.2) is 41.8 Å². The first kappa shape index (κ1) is 16.9. The van der Waals surface area contributed by atoms with Crippen LogP contribution in [0.25, 0.3) is 0 Å². The Kier molecular flexibility index (Phi) is 5.46. The van der Waals surface area contributed by atoms with Crippen molar-refractivity contribution in [3.05, 3.63) is 57.8 Å². The second-order valence-electron chi connectivity index (χ2n) is 6.49. The van der Waals surface area contributed by atoms with Gasteiger partial charge in [-0.05, 0) is 37.6 Å². The lowest BCUT2D eigenvalue weighted by Crippen LogP contribution is -2.42. The molecule has 1 saturated heterocycles. The van der Waals surface area contributed by atoms with Crippen LogP contribution in [0.2, 0.25) is 0 Å². The third kappa shape index (κ3) is 4.12. The average molecular weight is 341 g/mol. The van der Waals surface area contributed by atoms with Gasteiger partial charge in [0.25, 0.3) is 0 Å². The molecule has 2 heterocycles. The Morgan fingerprint density at radius 1 is 1.21 bits per heavy atom. The van der Waals surface area contributed by atoms with Gasteiger partial charge in [0.15, 0.2) is 5.78 Å². The minimum Gasteiger partial charge on any atom is -0.342 e. The van der Waals surface area contributed by atoms with E-state index in [4.69, 9.17) is 0 Å². The van der Waals surface area contributed by atoms with Crippen molar-refractivity contribution in [3.8, 4) is 0 Å². The highest BCUT2D eigenvalue weighted by atomic mass is 32.1. The Labute approximate surface area is 147 Å². The molecule has 126 valence electrons. The summed E-state index contributed by atoms with van der Waals surface area (Å²) < 4.78 is 0. The van der Waals surface area contributed by atoms with E-state index in [-0.39, 0.29) is 17.6 Å². The summed E-state index contributed by atoms with van der Waals surface area (Å²) in [5, 5.41) is 2.04. The van der Waals surface area contributed by atoms with E-state index in [9.17, 15) is 9.59 Å². The number of hydrogen-bond acceptors (Lipinski definition) is 3. The summed E-state index contributed by atoms with van der Waals surface area (Å²) in [4.78, 5) is 28.3. The summed E-state index contributed by atoms with van der Waals surface area (Å²) in [7, 11) is 0. The fourth-order valence-corrected chi connectivity index (χ4v) is 3.92. The number of nitrogens with zero attached hydrogens (tertiary/aromatic N) is 1. The normalized spacial score (nSPS) is 17.7. The number of likely N-dealkylation sites (tertiary alicyclic amines) is 1. The van der Waals surface area contributed by atoms with E-state index in [1.54, 1.807) is 11.3 Å². The molecule has 3 rings (SSSR count). The number of ketones is 1. The molecule has 3 nitrogen and oxygen atoms in total. The Morgan fingerprint density at radius 2 is 2.00 bits per heavy atom. The van der Waals surface area contributed by atoms with Crippen LogP contribution in [-0.4, -0.2) is 29.7 Å². The van der Waals surface area contributed by atoms with Gasteiger partial charge < -0.3 is 4.90 Å². The first-order chi connectivity index (χ1) is 11.6. The second kappa shape index (κ2) is 7.75. The molecular formula is C20H23NO2S. The Morgan fingerprint density at radius 3 is 2.71 bits per heavy atom. The predicted molar refractivity (Wildman–Crippen MR) is 97.5 cm³/mol. The van der Waals surface area contributed by atoms with Crippen LogP contribution in [0.5, 0.6) is 0 Å². The molecule has 0 N–H and O–H groups in total. The molecule has 1 unspecified atom stereocenters. The van der Waals surface area contributed by atoms with Crippen LogP contribution < -0.4 is 0 Å². The summed E-state index contributed by atoms with van der Waals surface area (Å²) in [6.45, 7) is 3.36. The summed E-state index contributed by atoms with van der Waals surface area (Å²) in [5.74, 6) is 0.280. The van der Waals surface area contributed by atoms with Gasteiger partial charge in [-0.15, -0.1) is 11.3 Å². The number of amides is 1. The third-order valence-corrected chi connectivity index (χ3v) is 5.58. The molecule has 0 spiro atoms. The Balaban J connectivity index is 1.58. The molecule has 1 aliphatic heterocycles. The number of carbonyl (C=O) groups is 2. The van der Waals surface area contributed by atoms with Gasteiger partial charge in [-0.1, -0.05) is 35.9 Å². The largest absolute Gasteiger partial charge is 0.342 e. The first-order valence-corrected chi connectivity index (χ1v) is 9.42. The number of rotatable bonds is 5. The number of carbonyl (C=O) groups excluding carboxylic acids is 2. The van der Waals surface area contributed by atoms with Crippen molar-refractivity contribution in [2.75, 3.05) is 13.1 Å². The highest BCUT2D eigenvalue weighted by Crippen LogP contribution is 2.22. The topological polar surface area (TPSA) is 37.4 Å². The number of benzene rings is 1. The number of Topliss-reactive ketones (excluding diaryl/α,β-unsaturated/α-hetero) is 1. The standard InChI is InChI=1S/C20H23NO2S/c1-15-6-8-16(9-7-15)20(23)17-4-2-12-21(14-17)19(22)11-10-18-5-3-13-24-18/h3,5-9,13,17H,2,4,10-12,14H2,1H3. The zero-order valence-corrected chi connectivity index (χ0v) is 14.8. The van der Waals surface area contributed by atoms with Gasteiger partial charge in [0.1, 0.15) is 0 Å². The molecule has 1 atom stereocenters. The molecule has 2 aromatic rings. The van der Waals surface area contributed by atoms with Crippen molar-refractivity contribution < 1.29 is 9.59 Å². The maximum absolute atomic E-state index is 12.7. The minimum atomic E-state index is -0.0628. The zero-order chi connectivity index (χ0) is 16.9. The molecule has 1 amide bonds. The van der Waals surface area contributed by atoms with E-state index < -0.39 is 0 Å². The van der Waals surface area contributed by atoms with Crippen molar-refractivity contribution >= 4 is 23.0 Å². The second-order valence-corrected chi connectivity index (χ2v) is 7.52. The molecule has 4 heteroatoms. The van der Waals surface area contributed by atoms with Crippen molar-refractivity contribution in [1.29, 1.82) is 0 Å². The van der Waals surface area contributed by atoms with E-state index in [1.165, 1.54) is 4.88 Å². The maximum atomic E-state index is 12.7. The molecule has 24 heavy (non-hydrogen) atoms. The van der Waals surface area contributed by atoms with Gasteiger partial charge in [0.05, 0.1) is 0 Å². The van der Waals surface area contributed by atoms with Crippen molar-refractivity contribution in [2.45, 2.75) is 32.6 Å². The fourth-order valence-electron chi connectivity index (χ4n) is 3.21. The summed E-state index contributed by atoms with van der Waals surface area (Å²) in [5.41, 5.74) is 1.92. The molecule has 1 aromatic carbocycles. The van der Waals surface area contributed by atoms with E-state index in [0.29, 0.717) is 13.0 Å². The quantitative estimate of drug-likeness (QED) is 0.768. The number of aryl methyl sites for hydroxylation is 2. The van der Waals surface area contributed by atoms with Crippen LogP contribution in [0.3, 0.4) is 0 Å². The monoisotopic (exact) mass is 341 g/mol. The van der Waals surface area contributed by atoms with Gasteiger partial charge in [-0.2, -0.15) is 0 Å². The molecule has 1 aromatic heterocycles. The van der Waals surface area contributed by atoms with Gasteiger partial charge in [0.2, 0.25) is 5.91 Å². The maximum Gasteiger partial charge on any atom is 0.222 e. The zero-order valence-electron chi connectivity index (χ0n) is 14.0. The van der Waals surface area contributed by atoms with E-state index in [0.717, 1.165) is 36.9 Å². The lowest BCUT2D eigenvalue weighted by Gasteiger charge is -2.32. The van der Waals surface area contributed by atoms with E-state index in [2.05, 4.69) is 6.07 Å². The van der Waals surface area contributed by atoms with Crippen LogP contribution >= 0.6 is 11.3 Å². The Bertz CT molecular complexity index is 691. The van der Waals surface area contributed by atoms with Crippen LogP contribution in [0.4, 0.5) is 0 Å². The molecular weight excluding hydrogens is 318 g/mol. The molecule has 0 radical (unpaired) electrons. The van der Waals surface area contributed by atoms with Gasteiger partial charge in [0, 0.05) is 35.9 Å². The summed E-state index contributed by atoms with van der Waals surface area (Å²) in [6.07, 6.45) is 3.12. The van der Waals surface area contributed by atoms with Gasteiger partial charge >= 0.3 is 0 Å². The lowest BCUT2D eigenvalue weighted by atomic mass is 9.89. The van der Waals surface area contributed by atoms with Crippen molar-refractivity contribution in [3.63, 3.8) is 0 Å². The summed E-state index contributed by atoms with van der Waals surface area (Å²) in [6, 6.07) is 11.8. The van der Waals surface area contributed by atoms with Crippen LogP contribution in [0, 0.1) is 12.8 Å². The van der Waals surface area contributed by atoms with E-state index in [1.807, 2.05) is 47.5 Å². The highest BCUT2D eigenvalue weighted by molar-refractivity contribution is 7.09. The van der Waals surface area contributed by atoms with E-state index >= 15 is 0 Å². The van der Waals surface area contributed by atoms with Gasteiger partial charge in [-0.3, -0.25) is 9.59 Å². The minimum absolute atomic E-state index is 0.0628. The first-order valence-electron chi connectivity index (χ1n) is 8.54. The average Bonchev–Trinajstić information content (AvgIpc) is 3.13. The molecule has 0 saturated carbocycles. The van der Waals surface area contributed by atoms with Crippen LogP contribution in [-0.2, 0) is 11.2 Å². The number of piperidine rings is 1. The smallest absolute Gasteiger partial charge is 0.222 e. The molecule has 1 fully saturated rings.